The minimum Gasteiger partial charge on any atom is -0.0840 e. The van der Waals surface area contributed by atoms with Crippen molar-refractivity contribution in [1.82, 2.24) is 0 Å². The summed E-state index contributed by atoms with van der Waals surface area (Å²) >= 11 is 0. The van der Waals surface area contributed by atoms with E-state index in [1.807, 2.05) is 0 Å². The molecule has 1 fully saturated rings. The molecule has 2 aliphatic carbocycles. The van der Waals surface area contributed by atoms with Crippen molar-refractivity contribution in [1.29, 1.82) is 0 Å². The van der Waals surface area contributed by atoms with Crippen LogP contribution < -0.4 is 0 Å². The molecule has 11 heavy (non-hydrogen) atoms. The van der Waals surface area contributed by atoms with E-state index in [0.717, 1.165) is 5.92 Å². The molecule has 2 rings (SSSR count). The Kier molecular flexibility index (Phi) is 2.11. The SMILES string of the molecule is C1=CC(CCC2CC2)=CCC1. The quantitative estimate of drug-likeness (QED) is 0.575. The van der Waals surface area contributed by atoms with E-state index in [-0.39, 0.29) is 0 Å². The van der Waals surface area contributed by atoms with Crippen LogP contribution in [-0.4, -0.2) is 0 Å². The van der Waals surface area contributed by atoms with E-state index < -0.39 is 0 Å². The van der Waals surface area contributed by atoms with Gasteiger partial charge < -0.3 is 0 Å². The maximum atomic E-state index is 2.41. The van der Waals surface area contributed by atoms with Gasteiger partial charge in [-0.1, -0.05) is 36.6 Å². The maximum Gasteiger partial charge on any atom is -0.0280 e. The molecule has 1 saturated carbocycles. The van der Waals surface area contributed by atoms with Gasteiger partial charge in [0, 0.05) is 0 Å². The van der Waals surface area contributed by atoms with E-state index in [1.165, 1.54) is 38.5 Å². The van der Waals surface area contributed by atoms with Gasteiger partial charge in [0.15, 0.2) is 0 Å². The molecule has 0 spiro atoms. The Bertz CT molecular complexity index is 182. The first-order chi connectivity index (χ1) is 5.45. The van der Waals surface area contributed by atoms with Gasteiger partial charge in [-0.05, 0) is 31.6 Å². The van der Waals surface area contributed by atoms with Gasteiger partial charge in [-0.3, -0.25) is 0 Å². The fourth-order valence-corrected chi connectivity index (χ4v) is 1.63. The predicted octanol–water partition coefficient (Wildman–Crippen LogP) is 3.45. The Morgan fingerprint density at radius 1 is 1.27 bits per heavy atom. The smallest absolute Gasteiger partial charge is 0.0280 e. The second-order valence-electron chi connectivity index (χ2n) is 3.74. The van der Waals surface area contributed by atoms with Gasteiger partial charge in [-0.2, -0.15) is 0 Å². The van der Waals surface area contributed by atoms with Gasteiger partial charge in [0.25, 0.3) is 0 Å². The molecule has 0 radical (unpaired) electrons. The monoisotopic (exact) mass is 148 g/mol. The lowest BCUT2D eigenvalue weighted by Gasteiger charge is -2.05. The van der Waals surface area contributed by atoms with Crippen molar-refractivity contribution in [3.63, 3.8) is 0 Å². The van der Waals surface area contributed by atoms with Crippen LogP contribution in [0.5, 0.6) is 0 Å². The molecule has 0 nitrogen and oxygen atoms in total. The first-order valence-corrected chi connectivity index (χ1v) is 4.81. The van der Waals surface area contributed by atoms with Gasteiger partial charge in [0.05, 0.1) is 0 Å². The minimum atomic E-state index is 1.09. The molecule has 0 N–H and O–H groups in total. The Hall–Kier alpha value is -0.520. The summed E-state index contributed by atoms with van der Waals surface area (Å²) in [4.78, 5) is 0. The maximum absolute atomic E-state index is 2.41. The summed E-state index contributed by atoms with van der Waals surface area (Å²) in [6, 6.07) is 0. The van der Waals surface area contributed by atoms with Gasteiger partial charge in [-0.25, -0.2) is 0 Å². The molecule has 0 heteroatoms. The first-order valence-electron chi connectivity index (χ1n) is 4.81. The third-order valence-electron chi connectivity index (χ3n) is 2.61. The van der Waals surface area contributed by atoms with E-state index in [1.54, 1.807) is 5.57 Å². The zero-order chi connectivity index (χ0) is 7.52. The molecular formula is C11H16. The van der Waals surface area contributed by atoms with Gasteiger partial charge in [-0.15, -0.1) is 0 Å². The molecule has 0 heterocycles. The molecule has 2 aliphatic rings. The summed E-state index contributed by atoms with van der Waals surface area (Å²) in [5, 5.41) is 0. The van der Waals surface area contributed by atoms with Gasteiger partial charge in [0.1, 0.15) is 0 Å². The Labute approximate surface area is 69.0 Å². The third kappa shape index (κ3) is 2.21. The van der Waals surface area contributed by atoms with E-state index in [0.29, 0.717) is 0 Å². The molecule has 60 valence electrons. The van der Waals surface area contributed by atoms with Crippen molar-refractivity contribution in [2.24, 2.45) is 5.92 Å². The number of rotatable bonds is 3. The average molecular weight is 148 g/mol. The zero-order valence-corrected chi connectivity index (χ0v) is 7.05. The molecule has 0 aromatic rings. The fraction of sp³-hybridized carbons (Fsp3) is 0.636. The second-order valence-corrected chi connectivity index (χ2v) is 3.74. The van der Waals surface area contributed by atoms with Crippen LogP contribution in [0, 0.1) is 5.92 Å². The van der Waals surface area contributed by atoms with Crippen LogP contribution in [0.1, 0.15) is 38.5 Å². The zero-order valence-electron chi connectivity index (χ0n) is 7.05. The molecule has 0 unspecified atom stereocenters. The van der Waals surface area contributed by atoms with Crippen molar-refractivity contribution in [3.8, 4) is 0 Å². The molecule has 0 aromatic heterocycles. The van der Waals surface area contributed by atoms with Crippen LogP contribution in [0.2, 0.25) is 0 Å². The van der Waals surface area contributed by atoms with Crippen LogP contribution in [0.25, 0.3) is 0 Å². The Balaban J connectivity index is 1.75. The van der Waals surface area contributed by atoms with Crippen LogP contribution >= 0.6 is 0 Å². The molecule has 0 saturated heterocycles. The van der Waals surface area contributed by atoms with E-state index >= 15 is 0 Å². The Morgan fingerprint density at radius 2 is 2.18 bits per heavy atom. The molecule has 0 aliphatic heterocycles. The van der Waals surface area contributed by atoms with Gasteiger partial charge >= 0.3 is 0 Å². The van der Waals surface area contributed by atoms with Crippen LogP contribution in [0.3, 0.4) is 0 Å². The highest BCUT2D eigenvalue weighted by atomic mass is 14.3. The summed E-state index contributed by atoms with van der Waals surface area (Å²) in [5.41, 5.74) is 1.59. The lowest BCUT2D eigenvalue weighted by molar-refractivity contribution is 0.724. The highest BCUT2D eigenvalue weighted by Gasteiger charge is 2.20. The lowest BCUT2D eigenvalue weighted by Crippen LogP contribution is -1.86. The van der Waals surface area contributed by atoms with E-state index in [4.69, 9.17) is 0 Å². The summed E-state index contributed by atoms with van der Waals surface area (Å²) in [6.07, 6.45) is 15.3. The summed E-state index contributed by atoms with van der Waals surface area (Å²) in [6.45, 7) is 0. The molecule has 0 aromatic carbocycles. The summed E-state index contributed by atoms with van der Waals surface area (Å²) < 4.78 is 0. The normalized spacial score (nSPS) is 23.5. The first kappa shape index (κ1) is 7.15. The van der Waals surface area contributed by atoms with Crippen molar-refractivity contribution in [3.05, 3.63) is 23.8 Å². The number of hydrogen-bond acceptors (Lipinski definition) is 0. The summed E-state index contributed by atoms with van der Waals surface area (Å²) in [7, 11) is 0. The van der Waals surface area contributed by atoms with Crippen molar-refractivity contribution < 1.29 is 0 Å². The molecular weight excluding hydrogens is 132 g/mol. The van der Waals surface area contributed by atoms with Crippen molar-refractivity contribution in [2.75, 3.05) is 0 Å². The summed E-state index contributed by atoms with van der Waals surface area (Å²) in [5.74, 6) is 1.09. The number of hydrogen-bond donors (Lipinski definition) is 0. The Morgan fingerprint density at radius 3 is 2.82 bits per heavy atom. The minimum absolute atomic E-state index is 1.09. The fourth-order valence-electron chi connectivity index (χ4n) is 1.63. The van der Waals surface area contributed by atoms with Crippen molar-refractivity contribution in [2.45, 2.75) is 38.5 Å². The second kappa shape index (κ2) is 3.25. The van der Waals surface area contributed by atoms with Crippen LogP contribution in [-0.2, 0) is 0 Å². The van der Waals surface area contributed by atoms with Crippen LogP contribution in [0.15, 0.2) is 23.8 Å². The predicted molar refractivity (Wildman–Crippen MR) is 48.4 cm³/mol. The highest BCUT2D eigenvalue weighted by Crippen LogP contribution is 2.35. The molecule has 0 atom stereocenters. The third-order valence-corrected chi connectivity index (χ3v) is 2.61. The topological polar surface area (TPSA) is 0 Å². The lowest BCUT2D eigenvalue weighted by atomic mass is 10.0. The van der Waals surface area contributed by atoms with Crippen LogP contribution in [0.4, 0.5) is 0 Å². The van der Waals surface area contributed by atoms with E-state index in [2.05, 4.69) is 18.2 Å². The largest absolute Gasteiger partial charge is 0.0840 e. The number of allylic oxidation sites excluding steroid dienone is 4. The molecule has 0 amide bonds. The average Bonchev–Trinajstić information content (AvgIpc) is 2.86. The highest BCUT2D eigenvalue weighted by molar-refractivity contribution is 5.22. The standard InChI is InChI=1S/C11H16/c1-2-4-10(5-3-1)6-7-11-8-9-11/h2,4-5,11H,1,3,6-9H2. The van der Waals surface area contributed by atoms with Crippen molar-refractivity contribution >= 4 is 0 Å². The van der Waals surface area contributed by atoms with E-state index in [9.17, 15) is 0 Å². The molecule has 0 bridgehead atoms. The van der Waals surface area contributed by atoms with Gasteiger partial charge in [0.2, 0.25) is 0 Å².